The van der Waals surface area contributed by atoms with Crippen LogP contribution in [-0.2, 0) is 28.7 Å². The normalized spacial score (nSPS) is 21.9. The molecule has 1 fully saturated rings. The average Bonchev–Trinajstić information content (AvgIpc) is 3.68. The summed E-state index contributed by atoms with van der Waals surface area (Å²) < 4.78 is 16.7. The third-order valence-corrected chi connectivity index (χ3v) is 9.46. The second-order valence-electron chi connectivity index (χ2n) is 14.2. The van der Waals surface area contributed by atoms with Crippen molar-refractivity contribution in [1.82, 2.24) is 20.9 Å². The van der Waals surface area contributed by atoms with Crippen LogP contribution in [0.3, 0.4) is 0 Å². The highest BCUT2D eigenvalue weighted by atomic mass is 16.5. The summed E-state index contributed by atoms with van der Waals surface area (Å²) in [5.74, 6) is -4.48. The van der Waals surface area contributed by atoms with Crippen molar-refractivity contribution >= 4 is 40.6 Å². The van der Waals surface area contributed by atoms with E-state index in [0.717, 1.165) is 5.56 Å². The van der Waals surface area contributed by atoms with Crippen LogP contribution in [0.15, 0.2) is 78.9 Å². The Morgan fingerprint density at radius 3 is 2.35 bits per heavy atom. The molecule has 13 heteroatoms. The third-order valence-electron chi connectivity index (χ3n) is 9.46. The van der Waals surface area contributed by atoms with E-state index in [2.05, 4.69) is 22.5 Å². The number of ether oxygens (including phenoxy) is 3. The molecule has 3 aromatic rings. The van der Waals surface area contributed by atoms with Gasteiger partial charge in [-0.1, -0.05) is 57.2 Å². The molecule has 13 nitrogen and oxygen atoms in total. The van der Waals surface area contributed by atoms with Crippen LogP contribution < -0.4 is 25.4 Å². The summed E-state index contributed by atoms with van der Waals surface area (Å²) in [7, 11) is 2.76. The lowest BCUT2D eigenvalue weighted by Gasteiger charge is -2.31. The standard InChI is InChI=1S/C39H44N4O9/c1-8-23-20-39(23,37(48)49)43-34(45)28-17-25(16-27(28)33(44)42-32(38(3,4)5)35(46)40-21(2)36(47)51-7)52-31-19-29(22-12-10-9-11-13-22)41-30-18-24(50-6)14-15-26(30)31/h8-16,18-19,21,23,25,28,32H,1,17,20H2,2-7H3,(H,40,46)(H,42,44)(H,43,45)(H,48,49)/t21-,23+,25-,28+,32+,39+/m0/s1. The molecule has 5 rings (SSSR count). The number of hydrogen-bond donors (Lipinski definition) is 4. The van der Waals surface area contributed by atoms with Crippen LogP contribution in [-0.4, -0.2) is 77.7 Å². The molecule has 0 unspecified atom stereocenters. The first-order chi connectivity index (χ1) is 24.6. The highest BCUT2D eigenvalue weighted by Crippen LogP contribution is 2.45. The molecule has 0 bridgehead atoms. The minimum atomic E-state index is -1.54. The lowest BCUT2D eigenvalue weighted by Crippen LogP contribution is -2.57. The second-order valence-corrected chi connectivity index (χ2v) is 14.2. The largest absolute Gasteiger partial charge is 0.497 e. The van der Waals surface area contributed by atoms with E-state index < -0.39 is 70.6 Å². The number of carbonyl (C=O) groups excluding carboxylic acids is 4. The van der Waals surface area contributed by atoms with Crippen molar-refractivity contribution in [2.24, 2.45) is 17.3 Å². The van der Waals surface area contributed by atoms with Crippen LogP contribution in [0.4, 0.5) is 0 Å². The molecule has 0 radical (unpaired) electrons. The molecule has 1 saturated carbocycles. The number of aromatic nitrogens is 1. The van der Waals surface area contributed by atoms with E-state index in [1.807, 2.05) is 36.4 Å². The smallest absolute Gasteiger partial charge is 0.330 e. The van der Waals surface area contributed by atoms with Gasteiger partial charge in [-0.05, 0) is 37.0 Å². The molecular weight excluding hydrogens is 668 g/mol. The number of methoxy groups -OCH3 is 2. The number of fused-ring (bicyclic) bond motifs is 1. The van der Waals surface area contributed by atoms with Crippen molar-refractivity contribution in [1.29, 1.82) is 0 Å². The maximum atomic E-state index is 14.1. The Morgan fingerprint density at radius 2 is 1.75 bits per heavy atom. The Hall–Kier alpha value is -5.72. The van der Waals surface area contributed by atoms with Crippen LogP contribution >= 0.6 is 0 Å². The molecular formula is C39H44N4O9. The molecule has 1 aromatic heterocycles. The number of aliphatic carboxylic acids is 1. The summed E-state index contributed by atoms with van der Waals surface area (Å²) in [6.45, 7) is 10.4. The van der Waals surface area contributed by atoms with Crippen molar-refractivity contribution < 1.29 is 43.3 Å². The van der Waals surface area contributed by atoms with Crippen LogP contribution in [0.2, 0.25) is 0 Å². The minimum Gasteiger partial charge on any atom is -0.497 e. The molecule has 4 N–H and O–H groups in total. The number of benzene rings is 2. The quantitative estimate of drug-likeness (QED) is 0.150. The number of nitrogens with one attached hydrogen (secondary N) is 3. The Kier molecular flexibility index (Phi) is 10.7. The summed E-state index contributed by atoms with van der Waals surface area (Å²) in [6.07, 6.45) is 2.35. The molecule has 3 amide bonds. The zero-order valence-electron chi connectivity index (χ0n) is 30.0. The van der Waals surface area contributed by atoms with E-state index in [1.165, 1.54) is 26.2 Å². The summed E-state index contributed by atoms with van der Waals surface area (Å²) in [6, 6.07) is 14.5. The van der Waals surface area contributed by atoms with Gasteiger partial charge in [0.2, 0.25) is 17.7 Å². The van der Waals surface area contributed by atoms with E-state index >= 15 is 0 Å². The van der Waals surface area contributed by atoms with Crippen molar-refractivity contribution in [3.05, 3.63) is 78.9 Å². The van der Waals surface area contributed by atoms with E-state index in [9.17, 15) is 29.1 Å². The number of carboxylic acids is 1. The fourth-order valence-corrected chi connectivity index (χ4v) is 6.37. The monoisotopic (exact) mass is 712 g/mol. The number of amides is 3. The molecule has 52 heavy (non-hydrogen) atoms. The van der Waals surface area contributed by atoms with Crippen LogP contribution in [0.5, 0.6) is 11.5 Å². The second kappa shape index (κ2) is 14.9. The summed E-state index contributed by atoms with van der Waals surface area (Å²) in [4.78, 5) is 70.6. The van der Waals surface area contributed by atoms with Gasteiger partial charge < -0.3 is 35.3 Å². The highest BCUT2D eigenvalue weighted by Gasteiger charge is 2.61. The van der Waals surface area contributed by atoms with Crippen LogP contribution in [0, 0.1) is 17.3 Å². The van der Waals surface area contributed by atoms with Gasteiger partial charge in [0, 0.05) is 41.0 Å². The van der Waals surface area contributed by atoms with E-state index in [4.69, 9.17) is 19.2 Å². The highest BCUT2D eigenvalue weighted by molar-refractivity contribution is 6.04. The number of hydrogen-bond acceptors (Lipinski definition) is 9. The summed E-state index contributed by atoms with van der Waals surface area (Å²) >= 11 is 0. The van der Waals surface area contributed by atoms with Crippen molar-refractivity contribution in [3.8, 4) is 22.8 Å². The van der Waals surface area contributed by atoms with Gasteiger partial charge in [0.05, 0.1) is 31.3 Å². The molecule has 1 heterocycles. The summed E-state index contributed by atoms with van der Waals surface area (Å²) in [5.41, 5.74) is -0.306. The number of pyridine rings is 1. The number of rotatable bonds is 13. The van der Waals surface area contributed by atoms with Crippen LogP contribution in [0.1, 0.15) is 40.5 Å². The predicted molar refractivity (Wildman–Crippen MR) is 192 cm³/mol. The number of nitrogens with zero attached hydrogens (tertiary/aromatic N) is 1. The fraction of sp³-hybridized carbons (Fsp3) is 0.385. The molecule has 0 aliphatic heterocycles. The number of carbonyl (C=O) groups is 5. The Balaban J connectivity index is 1.51. The average molecular weight is 713 g/mol. The third kappa shape index (κ3) is 7.78. The first kappa shape index (κ1) is 37.5. The van der Waals surface area contributed by atoms with Crippen molar-refractivity contribution in [3.63, 3.8) is 0 Å². The van der Waals surface area contributed by atoms with Gasteiger partial charge in [-0.3, -0.25) is 14.4 Å². The lowest BCUT2D eigenvalue weighted by molar-refractivity contribution is -0.145. The first-order valence-corrected chi connectivity index (χ1v) is 16.9. The Bertz CT molecular complexity index is 1940. The lowest BCUT2D eigenvalue weighted by atomic mass is 9.85. The van der Waals surface area contributed by atoms with Crippen molar-refractivity contribution in [2.75, 3.05) is 14.2 Å². The molecule has 0 spiro atoms. The number of carboxylic acid groups (broad SMARTS) is 1. The van der Waals surface area contributed by atoms with Crippen LogP contribution in [0.25, 0.3) is 22.2 Å². The maximum Gasteiger partial charge on any atom is 0.330 e. The zero-order valence-corrected chi connectivity index (χ0v) is 30.0. The van der Waals surface area contributed by atoms with E-state index in [1.54, 1.807) is 46.1 Å². The molecule has 6 atom stereocenters. The van der Waals surface area contributed by atoms with E-state index in [-0.39, 0.29) is 18.4 Å². The molecule has 2 aliphatic carbocycles. The van der Waals surface area contributed by atoms with Gasteiger partial charge in [0.1, 0.15) is 35.2 Å². The molecule has 274 valence electrons. The molecule has 2 aromatic carbocycles. The summed E-state index contributed by atoms with van der Waals surface area (Å²) in [5, 5.41) is 18.7. The Labute approximate surface area is 301 Å². The minimum absolute atomic E-state index is 0.00453. The SMILES string of the molecule is C=C[C@@H]1C[C@]1(NC(=O)[C@@H]1C[C@@H](Oc2cc(-c3ccccc3)nc3cc(OC)ccc23)C=C1C(=O)N[C@H](C(=O)N[C@@H](C)C(=O)OC)C(C)(C)C)C(=O)O. The fourth-order valence-electron chi connectivity index (χ4n) is 6.37. The van der Waals surface area contributed by atoms with Crippen molar-refractivity contribution in [2.45, 2.75) is 64.3 Å². The maximum absolute atomic E-state index is 14.1. The van der Waals surface area contributed by atoms with Gasteiger partial charge >= 0.3 is 11.9 Å². The van der Waals surface area contributed by atoms with Gasteiger partial charge in [-0.25, -0.2) is 14.6 Å². The number of esters is 1. The van der Waals surface area contributed by atoms with Gasteiger partial charge in [-0.15, -0.1) is 6.58 Å². The van der Waals surface area contributed by atoms with E-state index in [0.29, 0.717) is 28.1 Å². The topological polar surface area (TPSA) is 182 Å². The predicted octanol–water partition coefficient (Wildman–Crippen LogP) is 3.96. The van der Waals surface area contributed by atoms with Gasteiger partial charge in [0.25, 0.3) is 0 Å². The Morgan fingerprint density at radius 1 is 1.04 bits per heavy atom. The van der Waals surface area contributed by atoms with Gasteiger partial charge in [-0.2, -0.15) is 0 Å². The first-order valence-electron chi connectivity index (χ1n) is 16.9. The molecule has 2 aliphatic rings. The molecule has 0 saturated heterocycles. The van der Waals surface area contributed by atoms with Gasteiger partial charge in [0.15, 0.2) is 0 Å². The zero-order chi connectivity index (χ0) is 38.0.